The average Bonchev–Trinajstić information content (AvgIpc) is 2.51. The third kappa shape index (κ3) is 5.27. The molecule has 4 nitrogen and oxygen atoms in total. The van der Waals surface area contributed by atoms with Crippen LogP contribution in [0.1, 0.15) is 24.2 Å². The first-order valence-corrected chi connectivity index (χ1v) is 7.64. The van der Waals surface area contributed by atoms with Gasteiger partial charge < -0.3 is 9.47 Å². The first kappa shape index (κ1) is 17.3. The minimum atomic E-state index is -0.564. The second-order valence-electron chi connectivity index (χ2n) is 4.22. The molecule has 0 radical (unpaired) electrons. The fourth-order valence-corrected chi connectivity index (χ4v) is 3.04. The number of thioether (sulfide) groups is 1. The summed E-state index contributed by atoms with van der Waals surface area (Å²) in [5, 5.41) is -1.04. The molecule has 1 aromatic rings. The predicted molar refractivity (Wildman–Crippen MR) is 84.0 cm³/mol. The standard InChI is InChI=1S/C16H20O4S/c1-4-9-13(15(17)20-5-2)21-14(16(18)19-3)12-10-7-6-8-11-12/h4,6-8,10-11,13-14H,1,5,9H2,2-3H3. The first-order chi connectivity index (χ1) is 10.1. The van der Waals surface area contributed by atoms with E-state index < -0.39 is 10.5 Å². The molecule has 0 bridgehead atoms. The summed E-state index contributed by atoms with van der Waals surface area (Å²) < 4.78 is 9.89. The fraction of sp³-hybridized carbons (Fsp3) is 0.375. The lowest BCUT2D eigenvalue weighted by molar-refractivity contribution is -0.142. The number of rotatable bonds is 8. The molecule has 1 aromatic carbocycles. The van der Waals surface area contributed by atoms with Crippen LogP contribution < -0.4 is 0 Å². The van der Waals surface area contributed by atoms with E-state index in [4.69, 9.17) is 9.47 Å². The number of allylic oxidation sites excluding steroid dienone is 1. The van der Waals surface area contributed by atoms with Crippen LogP contribution in [0.5, 0.6) is 0 Å². The highest BCUT2D eigenvalue weighted by atomic mass is 32.2. The molecule has 0 spiro atoms. The minimum absolute atomic E-state index is 0.307. The molecule has 114 valence electrons. The van der Waals surface area contributed by atoms with Gasteiger partial charge in [0.1, 0.15) is 10.5 Å². The van der Waals surface area contributed by atoms with E-state index >= 15 is 0 Å². The van der Waals surface area contributed by atoms with E-state index in [0.29, 0.717) is 13.0 Å². The van der Waals surface area contributed by atoms with Crippen LogP contribution in [-0.4, -0.2) is 30.9 Å². The van der Waals surface area contributed by atoms with Crippen molar-refractivity contribution in [2.45, 2.75) is 23.8 Å². The molecule has 1 rings (SSSR count). The van der Waals surface area contributed by atoms with Gasteiger partial charge in [0.25, 0.3) is 0 Å². The molecule has 2 unspecified atom stereocenters. The van der Waals surface area contributed by atoms with Gasteiger partial charge in [0.05, 0.1) is 13.7 Å². The Morgan fingerprint density at radius 1 is 1.29 bits per heavy atom. The Morgan fingerprint density at radius 2 is 1.95 bits per heavy atom. The second-order valence-corrected chi connectivity index (χ2v) is 5.53. The topological polar surface area (TPSA) is 52.6 Å². The zero-order valence-electron chi connectivity index (χ0n) is 12.3. The Balaban J connectivity index is 2.95. The van der Waals surface area contributed by atoms with Crippen molar-refractivity contribution in [2.75, 3.05) is 13.7 Å². The Kier molecular flexibility index (Phi) is 7.61. The molecule has 0 fully saturated rings. The van der Waals surface area contributed by atoms with Crippen molar-refractivity contribution in [2.24, 2.45) is 0 Å². The Hall–Kier alpha value is -1.75. The third-order valence-electron chi connectivity index (χ3n) is 2.75. The quantitative estimate of drug-likeness (QED) is 0.545. The molecular formula is C16H20O4S. The molecule has 0 aliphatic rings. The summed E-state index contributed by atoms with van der Waals surface area (Å²) in [6, 6.07) is 9.24. The van der Waals surface area contributed by atoms with E-state index in [-0.39, 0.29) is 11.9 Å². The van der Waals surface area contributed by atoms with Gasteiger partial charge in [-0.2, -0.15) is 0 Å². The molecule has 0 saturated heterocycles. The summed E-state index contributed by atoms with van der Waals surface area (Å²) >= 11 is 1.23. The van der Waals surface area contributed by atoms with Crippen molar-refractivity contribution < 1.29 is 19.1 Å². The van der Waals surface area contributed by atoms with Crippen LogP contribution in [0.2, 0.25) is 0 Å². The fourth-order valence-electron chi connectivity index (χ4n) is 1.76. The van der Waals surface area contributed by atoms with Gasteiger partial charge in [-0.3, -0.25) is 9.59 Å². The number of ether oxygens (including phenoxy) is 2. The van der Waals surface area contributed by atoms with E-state index in [1.165, 1.54) is 18.9 Å². The first-order valence-electron chi connectivity index (χ1n) is 6.69. The van der Waals surface area contributed by atoms with Crippen molar-refractivity contribution in [3.8, 4) is 0 Å². The Morgan fingerprint density at radius 3 is 2.48 bits per heavy atom. The van der Waals surface area contributed by atoms with E-state index in [9.17, 15) is 9.59 Å². The van der Waals surface area contributed by atoms with E-state index in [0.717, 1.165) is 5.56 Å². The minimum Gasteiger partial charge on any atom is -0.468 e. The van der Waals surface area contributed by atoms with Crippen LogP contribution in [0.25, 0.3) is 0 Å². The molecule has 0 saturated carbocycles. The van der Waals surface area contributed by atoms with Crippen LogP contribution in [-0.2, 0) is 19.1 Å². The molecule has 21 heavy (non-hydrogen) atoms. The number of hydrogen-bond donors (Lipinski definition) is 0. The number of methoxy groups -OCH3 is 1. The van der Waals surface area contributed by atoms with Gasteiger partial charge in [-0.05, 0) is 18.9 Å². The molecular weight excluding hydrogens is 288 g/mol. The molecule has 0 aromatic heterocycles. The van der Waals surface area contributed by atoms with Crippen molar-refractivity contribution in [3.05, 3.63) is 48.6 Å². The Labute approximate surface area is 129 Å². The number of hydrogen-bond acceptors (Lipinski definition) is 5. The van der Waals surface area contributed by atoms with Crippen molar-refractivity contribution in [1.82, 2.24) is 0 Å². The van der Waals surface area contributed by atoms with Crippen molar-refractivity contribution >= 4 is 23.7 Å². The molecule has 0 amide bonds. The maximum Gasteiger partial charge on any atom is 0.323 e. The van der Waals surface area contributed by atoms with Crippen LogP contribution in [0, 0.1) is 0 Å². The molecule has 0 aliphatic heterocycles. The summed E-state index contributed by atoms with van der Waals surface area (Å²) in [5.41, 5.74) is 0.799. The van der Waals surface area contributed by atoms with Crippen LogP contribution >= 0.6 is 11.8 Å². The van der Waals surface area contributed by atoms with Gasteiger partial charge >= 0.3 is 11.9 Å². The lowest BCUT2D eigenvalue weighted by Gasteiger charge is -2.20. The van der Waals surface area contributed by atoms with Crippen LogP contribution in [0.15, 0.2) is 43.0 Å². The van der Waals surface area contributed by atoms with Crippen molar-refractivity contribution in [3.63, 3.8) is 0 Å². The predicted octanol–water partition coefficient (Wildman–Crippen LogP) is 3.14. The van der Waals surface area contributed by atoms with Crippen LogP contribution in [0.4, 0.5) is 0 Å². The van der Waals surface area contributed by atoms with E-state index in [1.807, 2.05) is 30.3 Å². The molecule has 0 aliphatic carbocycles. The van der Waals surface area contributed by atoms with E-state index in [2.05, 4.69) is 6.58 Å². The molecule has 5 heteroatoms. The maximum atomic E-state index is 12.0. The normalized spacial score (nSPS) is 13.0. The highest BCUT2D eigenvalue weighted by molar-refractivity contribution is 8.01. The van der Waals surface area contributed by atoms with Gasteiger partial charge in [-0.15, -0.1) is 18.3 Å². The largest absolute Gasteiger partial charge is 0.468 e. The number of esters is 2. The van der Waals surface area contributed by atoms with Crippen LogP contribution in [0.3, 0.4) is 0 Å². The summed E-state index contributed by atoms with van der Waals surface area (Å²) in [6.45, 7) is 5.71. The zero-order valence-corrected chi connectivity index (χ0v) is 13.1. The number of benzene rings is 1. The summed E-state index contributed by atoms with van der Waals surface area (Å²) in [4.78, 5) is 24.0. The third-order valence-corrected chi connectivity index (χ3v) is 4.20. The maximum absolute atomic E-state index is 12.0. The molecule has 0 heterocycles. The van der Waals surface area contributed by atoms with Gasteiger partial charge in [0.15, 0.2) is 0 Å². The van der Waals surface area contributed by atoms with Gasteiger partial charge in [0, 0.05) is 0 Å². The molecule has 0 N–H and O–H groups in total. The van der Waals surface area contributed by atoms with E-state index in [1.54, 1.807) is 13.0 Å². The second kappa shape index (κ2) is 9.23. The molecule has 2 atom stereocenters. The SMILES string of the molecule is C=CCC(SC(C(=O)OC)c1ccccc1)C(=O)OCC. The zero-order chi connectivity index (χ0) is 15.7. The lowest BCUT2D eigenvalue weighted by Crippen LogP contribution is -2.23. The van der Waals surface area contributed by atoms with Gasteiger partial charge in [-0.25, -0.2) is 0 Å². The highest BCUT2D eigenvalue weighted by Gasteiger charge is 2.29. The Bertz CT molecular complexity index is 472. The smallest absolute Gasteiger partial charge is 0.323 e. The van der Waals surface area contributed by atoms with Gasteiger partial charge in [-0.1, -0.05) is 36.4 Å². The summed E-state index contributed by atoms with van der Waals surface area (Å²) in [5.74, 6) is -0.725. The number of carbonyl (C=O) groups is 2. The monoisotopic (exact) mass is 308 g/mol. The summed E-state index contributed by atoms with van der Waals surface area (Å²) in [6.07, 6.45) is 2.08. The highest BCUT2D eigenvalue weighted by Crippen LogP contribution is 2.35. The average molecular weight is 308 g/mol. The van der Waals surface area contributed by atoms with Gasteiger partial charge in [0.2, 0.25) is 0 Å². The lowest BCUT2D eigenvalue weighted by atomic mass is 10.1. The number of carbonyl (C=O) groups excluding carboxylic acids is 2. The van der Waals surface area contributed by atoms with Crippen molar-refractivity contribution in [1.29, 1.82) is 0 Å². The summed E-state index contributed by atoms with van der Waals surface area (Å²) in [7, 11) is 1.34.